The van der Waals surface area contributed by atoms with E-state index in [0.717, 1.165) is 5.56 Å². The van der Waals surface area contributed by atoms with Gasteiger partial charge in [0.25, 0.3) is 0 Å². The number of hydrogen-bond donors (Lipinski definition) is 2. The topological polar surface area (TPSA) is 83.5 Å². The maximum Gasteiger partial charge on any atom is 0.329 e. The van der Waals surface area contributed by atoms with Gasteiger partial charge in [-0.25, -0.2) is 10.4 Å². The maximum absolute atomic E-state index is 11.6. The quantitative estimate of drug-likeness (QED) is 0.516. The summed E-state index contributed by atoms with van der Waals surface area (Å²) in [6.07, 6.45) is 3.00. The van der Waals surface area contributed by atoms with Crippen LogP contribution in [0.2, 0.25) is 0 Å². The van der Waals surface area contributed by atoms with Gasteiger partial charge in [-0.3, -0.25) is 9.59 Å². The standard InChI is InChI=1S/C17H18N4O2/c1-12(2)14-8-6-13(7-9-14)11-19-21-17(23)16(22)20-15-5-3-4-10-18-15/h3-12H,1-2H3,(H,21,23)(H,18,20,22). The second-order valence-electron chi connectivity index (χ2n) is 5.19. The van der Waals surface area contributed by atoms with Gasteiger partial charge in [-0.2, -0.15) is 5.10 Å². The van der Waals surface area contributed by atoms with Crippen molar-refractivity contribution in [2.75, 3.05) is 5.32 Å². The number of hydrazone groups is 1. The number of nitrogens with one attached hydrogen (secondary N) is 2. The summed E-state index contributed by atoms with van der Waals surface area (Å²) in [7, 11) is 0. The summed E-state index contributed by atoms with van der Waals surface area (Å²) in [5.74, 6) is -0.918. The van der Waals surface area contributed by atoms with E-state index in [1.807, 2.05) is 24.3 Å². The van der Waals surface area contributed by atoms with Crippen LogP contribution in [0.1, 0.15) is 30.9 Å². The van der Waals surface area contributed by atoms with Crippen LogP contribution < -0.4 is 10.7 Å². The second-order valence-corrected chi connectivity index (χ2v) is 5.19. The lowest BCUT2D eigenvalue weighted by atomic mass is 10.0. The molecule has 2 amide bonds. The Bertz CT molecular complexity index is 694. The van der Waals surface area contributed by atoms with Crippen LogP contribution in [0.4, 0.5) is 5.82 Å². The van der Waals surface area contributed by atoms with Crippen LogP contribution in [0.25, 0.3) is 0 Å². The van der Waals surface area contributed by atoms with Crippen LogP contribution in [0.5, 0.6) is 0 Å². The van der Waals surface area contributed by atoms with E-state index in [1.54, 1.807) is 18.2 Å². The molecule has 6 heteroatoms. The van der Waals surface area contributed by atoms with Crippen molar-refractivity contribution in [3.8, 4) is 0 Å². The van der Waals surface area contributed by atoms with Gasteiger partial charge in [0.15, 0.2) is 0 Å². The van der Waals surface area contributed by atoms with Gasteiger partial charge in [0.2, 0.25) is 0 Å². The van der Waals surface area contributed by atoms with E-state index in [4.69, 9.17) is 0 Å². The molecule has 0 saturated heterocycles. The predicted octanol–water partition coefficient (Wildman–Crippen LogP) is 2.29. The number of anilines is 1. The molecule has 0 atom stereocenters. The summed E-state index contributed by atoms with van der Waals surface area (Å²) in [4.78, 5) is 27.2. The molecular formula is C17H18N4O2. The van der Waals surface area contributed by atoms with Gasteiger partial charge >= 0.3 is 11.8 Å². The Kier molecular flexibility index (Phi) is 5.57. The molecule has 1 aromatic heterocycles. The minimum absolute atomic E-state index is 0.306. The lowest BCUT2D eigenvalue weighted by Gasteiger charge is -2.04. The zero-order valence-corrected chi connectivity index (χ0v) is 13.0. The van der Waals surface area contributed by atoms with E-state index in [1.165, 1.54) is 18.0 Å². The summed E-state index contributed by atoms with van der Waals surface area (Å²) >= 11 is 0. The first-order chi connectivity index (χ1) is 11.1. The smallest absolute Gasteiger partial charge is 0.302 e. The third kappa shape index (κ3) is 5.03. The largest absolute Gasteiger partial charge is 0.329 e. The number of aromatic nitrogens is 1. The number of hydrogen-bond acceptors (Lipinski definition) is 4. The van der Waals surface area contributed by atoms with Crippen LogP contribution in [-0.2, 0) is 9.59 Å². The molecule has 0 aliphatic rings. The maximum atomic E-state index is 11.6. The van der Waals surface area contributed by atoms with Crippen molar-refractivity contribution in [1.82, 2.24) is 10.4 Å². The summed E-state index contributed by atoms with van der Waals surface area (Å²) in [6, 6.07) is 12.8. The lowest BCUT2D eigenvalue weighted by molar-refractivity contribution is -0.136. The Labute approximate surface area is 134 Å². The minimum Gasteiger partial charge on any atom is -0.302 e. The molecule has 0 aliphatic heterocycles. The highest BCUT2D eigenvalue weighted by Crippen LogP contribution is 2.13. The van der Waals surface area contributed by atoms with Gasteiger partial charge in [0, 0.05) is 6.20 Å². The first kappa shape index (κ1) is 16.4. The molecule has 1 aromatic carbocycles. The van der Waals surface area contributed by atoms with E-state index in [-0.39, 0.29) is 0 Å². The number of pyridine rings is 1. The number of amides is 2. The fourth-order valence-electron chi connectivity index (χ4n) is 1.79. The minimum atomic E-state index is -0.856. The molecule has 0 aliphatic carbocycles. The molecule has 2 rings (SSSR count). The van der Waals surface area contributed by atoms with Crippen LogP contribution in [0, 0.1) is 0 Å². The van der Waals surface area contributed by atoms with Crippen LogP contribution >= 0.6 is 0 Å². The van der Waals surface area contributed by atoms with E-state index in [9.17, 15) is 9.59 Å². The Morgan fingerprint density at radius 3 is 2.43 bits per heavy atom. The zero-order valence-electron chi connectivity index (χ0n) is 13.0. The van der Waals surface area contributed by atoms with Crippen molar-refractivity contribution in [3.63, 3.8) is 0 Å². The zero-order chi connectivity index (χ0) is 16.7. The number of carbonyl (C=O) groups is 2. The Morgan fingerprint density at radius 2 is 1.83 bits per heavy atom. The van der Waals surface area contributed by atoms with E-state index < -0.39 is 11.8 Å². The van der Waals surface area contributed by atoms with Crippen LogP contribution in [-0.4, -0.2) is 23.0 Å². The molecule has 0 spiro atoms. The molecule has 0 unspecified atom stereocenters. The van der Waals surface area contributed by atoms with Crippen LogP contribution in [0.3, 0.4) is 0 Å². The highest BCUT2D eigenvalue weighted by atomic mass is 16.2. The van der Waals surface area contributed by atoms with Crippen LogP contribution in [0.15, 0.2) is 53.8 Å². The van der Waals surface area contributed by atoms with E-state index >= 15 is 0 Å². The molecule has 1 heterocycles. The van der Waals surface area contributed by atoms with Crippen molar-refractivity contribution in [2.45, 2.75) is 19.8 Å². The summed E-state index contributed by atoms with van der Waals surface area (Å²) in [5, 5.41) is 6.15. The Hall–Kier alpha value is -3.02. The molecule has 0 saturated carbocycles. The summed E-state index contributed by atoms with van der Waals surface area (Å²) in [6.45, 7) is 4.23. The molecular weight excluding hydrogens is 292 g/mol. The van der Waals surface area contributed by atoms with Crippen molar-refractivity contribution in [2.24, 2.45) is 5.10 Å². The molecule has 23 heavy (non-hydrogen) atoms. The number of rotatable bonds is 4. The highest BCUT2D eigenvalue weighted by Gasteiger charge is 2.12. The number of benzene rings is 1. The Morgan fingerprint density at radius 1 is 1.09 bits per heavy atom. The normalized spacial score (nSPS) is 10.7. The average molecular weight is 310 g/mol. The highest BCUT2D eigenvalue weighted by molar-refractivity contribution is 6.39. The van der Waals surface area contributed by atoms with E-state index in [2.05, 4.69) is 34.7 Å². The van der Waals surface area contributed by atoms with Crippen molar-refractivity contribution >= 4 is 23.8 Å². The predicted molar refractivity (Wildman–Crippen MR) is 89.1 cm³/mol. The molecule has 118 valence electrons. The van der Waals surface area contributed by atoms with Gasteiger partial charge in [-0.15, -0.1) is 0 Å². The molecule has 6 nitrogen and oxygen atoms in total. The van der Waals surface area contributed by atoms with Gasteiger partial charge in [0.1, 0.15) is 5.82 Å². The van der Waals surface area contributed by atoms with Gasteiger partial charge in [0.05, 0.1) is 6.21 Å². The molecule has 2 aromatic rings. The SMILES string of the molecule is CC(C)c1ccc(C=NNC(=O)C(=O)Nc2ccccn2)cc1. The first-order valence-electron chi connectivity index (χ1n) is 7.21. The molecule has 0 radical (unpaired) electrons. The monoisotopic (exact) mass is 310 g/mol. The van der Waals surface area contributed by atoms with Gasteiger partial charge < -0.3 is 5.32 Å². The average Bonchev–Trinajstić information content (AvgIpc) is 2.56. The second kappa shape index (κ2) is 7.84. The third-order valence-corrected chi connectivity index (χ3v) is 3.10. The van der Waals surface area contributed by atoms with Crippen molar-refractivity contribution in [3.05, 3.63) is 59.8 Å². The van der Waals surface area contributed by atoms with Gasteiger partial charge in [-0.05, 0) is 29.2 Å². The van der Waals surface area contributed by atoms with Crippen molar-refractivity contribution in [1.29, 1.82) is 0 Å². The summed E-state index contributed by atoms with van der Waals surface area (Å²) < 4.78 is 0. The number of nitrogens with zero attached hydrogens (tertiary/aromatic N) is 2. The third-order valence-electron chi connectivity index (χ3n) is 3.10. The fraction of sp³-hybridized carbons (Fsp3) is 0.176. The van der Waals surface area contributed by atoms with Gasteiger partial charge in [-0.1, -0.05) is 44.2 Å². The summed E-state index contributed by atoms with van der Waals surface area (Å²) in [5.41, 5.74) is 4.24. The number of carbonyl (C=O) groups excluding carboxylic acids is 2. The fourth-order valence-corrected chi connectivity index (χ4v) is 1.79. The van der Waals surface area contributed by atoms with E-state index in [0.29, 0.717) is 11.7 Å². The van der Waals surface area contributed by atoms with Crippen molar-refractivity contribution < 1.29 is 9.59 Å². The molecule has 0 fully saturated rings. The molecule has 0 bridgehead atoms. The Balaban J connectivity index is 1.87. The molecule has 2 N–H and O–H groups in total. The lowest BCUT2D eigenvalue weighted by Crippen LogP contribution is -2.32. The first-order valence-corrected chi connectivity index (χ1v) is 7.21.